The van der Waals surface area contributed by atoms with Crippen LogP contribution in [-0.2, 0) is 12.7 Å². The van der Waals surface area contributed by atoms with Gasteiger partial charge in [-0.15, -0.1) is 11.3 Å². The van der Waals surface area contributed by atoms with E-state index in [2.05, 4.69) is 20.6 Å². The van der Waals surface area contributed by atoms with Crippen LogP contribution in [0, 0.1) is 6.92 Å². The minimum atomic E-state index is -4.42. The number of aromatic nitrogens is 1. The minimum Gasteiger partial charge on any atom is -0.489 e. The summed E-state index contributed by atoms with van der Waals surface area (Å²) in [6.07, 6.45) is -4.54. The predicted octanol–water partition coefficient (Wildman–Crippen LogP) is 3.60. The molecule has 1 unspecified atom stereocenters. The van der Waals surface area contributed by atoms with Crippen molar-refractivity contribution in [3.63, 3.8) is 0 Å². The van der Waals surface area contributed by atoms with Crippen molar-refractivity contribution in [1.29, 1.82) is 0 Å². The number of hydrogen-bond acceptors (Lipinski definition) is 4. The Hall–Kier alpha value is -2.29. The number of nitrogens with one attached hydrogen (secondary N) is 2. The predicted molar refractivity (Wildman–Crippen MR) is 96.6 cm³/mol. The second kappa shape index (κ2) is 8.88. The number of alkyl halides is 3. The number of ether oxygens (including phenoxy) is 1. The van der Waals surface area contributed by atoms with Gasteiger partial charge in [0.15, 0.2) is 11.7 Å². The standard InChI is InChI=1S/C17H21F3N4OS/c1-11-6-4-5-7-13(11)25-12(2)8-22-16(21-3)23-9-15-24-14(10-26-15)17(18,19)20/h4-7,10,12H,8-9H2,1-3H3,(H2,21,22,23). The molecule has 0 bridgehead atoms. The van der Waals surface area contributed by atoms with E-state index in [1.165, 1.54) is 0 Å². The Morgan fingerprint density at radius 2 is 2.04 bits per heavy atom. The largest absolute Gasteiger partial charge is 0.489 e. The van der Waals surface area contributed by atoms with Gasteiger partial charge in [0.2, 0.25) is 0 Å². The van der Waals surface area contributed by atoms with E-state index in [4.69, 9.17) is 4.74 Å². The first kappa shape index (κ1) is 20.0. The molecule has 0 aliphatic heterocycles. The summed E-state index contributed by atoms with van der Waals surface area (Å²) in [6.45, 7) is 4.54. The molecule has 5 nitrogen and oxygen atoms in total. The Balaban J connectivity index is 1.80. The van der Waals surface area contributed by atoms with Gasteiger partial charge in [-0.1, -0.05) is 18.2 Å². The molecule has 2 N–H and O–H groups in total. The molecular formula is C17H21F3N4OS. The zero-order chi connectivity index (χ0) is 19.2. The number of halogens is 3. The molecule has 2 rings (SSSR count). The second-order valence-corrected chi connectivity index (χ2v) is 6.57. The molecule has 0 aliphatic rings. The van der Waals surface area contributed by atoms with Crippen molar-refractivity contribution in [3.05, 3.63) is 45.9 Å². The molecule has 1 aromatic carbocycles. The number of aryl methyl sites for hydroxylation is 1. The molecule has 9 heteroatoms. The van der Waals surface area contributed by atoms with E-state index in [-0.39, 0.29) is 12.6 Å². The van der Waals surface area contributed by atoms with Gasteiger partial charge in [-0.05, 0) is 25.5 Å². The lowest BCUT2D eigenvalue weighted by atomic mass is 10.2. The normalized spacial score (nSPS) is 13.4. The Morgan fingerprint density at radius 1 is 1.31 bits per heavy atom. The van der Waals surface area contributed by atoms with Gasteiger partial charge in [0.1, 0.15) is 16.9 Å². The van der Waals surface area contributed by atoms with E-state index < -0.39 is 11.9 Å². The summed E-state index contributed by atoms with van der Waals surface area (Å²) in [7, 11) is 1.59. The zero-order valence-electron chi connectivity index (χ0n) is 14.7. The van der Waals surface area contributed by atoms with E-state index in [9.17, 15) is 13.2 Å². The maximum Gasteiger partial charge on any atom is 0.434 e. The highest BCUT2D eigenvalue weighted by molar-refractivity contribution is 7.09. The number of guanidine groups is 1. The van der Waals surface area contributed by atoms with Crippen molar-refractivity contribution in [2.75, 3.05) is 13.6 Å². The van der Waals surface area contributed by atoms with Gasteiger partial charge in [0, 0.05) is 12.4 Å². The molecule has 0 radical (unpaired) electrons. The van der Waals surface area contributed by atoms with E-state index in [1.807, 2.05) is 38.1 Å². The van der Waals surface area contributed by atoms with Crippen molar-refractivity contribution >= 4 is 17.3 Å². The highest BCUT2D eigenvalue weighted by atomic mass is 32.1. The number of nitrogens with zero attached hydrogens (tertiary/aromatic N) is 2. The van der Waals surface area contributed by atoms with Crippen molar-refractivity contribution in [3.8, 4) is 5.75 Å². The average molecular weight is 386 g/mol. The molecule has 1 aromatic heterocycles. The summed E-state index contributed by atoms with van der Waals surface area (Å²) in [5, 5.41) is 7.37. The van der Waals surface area contributed by atoms with Crippen LogP contribution in [0.4, 0.5) is 13.2 Å². The van der Waals surface area contributed by atoms with Crippen LogP contribution in [0.5, 0.6) is 5.75 Å². The summed E-state index contributed by atoms with van der Waals surface area (Å²) in [4.78, 5) is 7.62. The van der Waals surface area contributed by atoms with Crippen LogP contribution < -0.4 is 15.4 Å². The Labute approximate surface area is 154 Å². The van der Waals surface area contributed by atoms with E-state index in [0.29, 0.717) is 17.5 Å². The van der Waals surface area contributed by atoms with Crippen molar-refractivity contribution < 1.29 is 17.9 Å². The van der Waals surface area contributed by atoms with Crippen LogP contribution in [-0.4, -0.2) is 30.6 Å². The molecule has 2 aromatic rings. The SMILES string of the molecule is CN=C(NCc1nc(C(F)(F)F)cs1)NCC(C)Oc1ccccc1C. The van der Waals surface area contributed by atoms with Crippen molar-refractivity contribution in [1.82, 2.24) is 15.6 Å². The highest BCUT2D eigenvalue weighted by Gasteiger charge is 2.33. The smallest absolute Gasteiger partial charge is 0.434 e. The van der Waals surface area contributed by atoms with E-state index >= 15 is 0 Å². The minimum absolute atomic E-state index is 0.119. The molecule has 1 heterocycles. The van der Waals surface area contributed by atoms with Crippen LogP contribution in [0.15, 0.2) is 34.6 Å². The third-order valence-electron chi connectivity index (χ3n) is 3.45. The number of hydrogen-bond donors (Lipinski definition) is 2. The second-order valence-electron chi connectivity index (χ2n) is 5.62. The maximum atomic E-state index is 12.6. The van der Waals surface area contributed by atoms with Gasteiger partial charge in [-0.2, -0.15) is 13.2 Å². The lowest BCUT2D eigenvalue weighted by Crippen LogP contribution is -2.41. The van der Waals surface area contributed by atoms with Gasteiger partial charge < -0.3 is 15.4 Å². The number of aliphatic imine (C=N–C) groups is 1. The molecule has 0 saturated carbocycles. The molecule has 26 heavy (non-hydrogen) atoms. The topological polar surface area (TPSA) is 58.5 Å². The molecule has 0 spiro atoms. The Morgan fingerprint density at radius 3 is 2.65 bits per heavy atom. The first-order valence-electron chi connectivity index (χ1n) is 7.98. The molecule has 142 valence electrons. The monoisotopic (exact) mass is 386 g/mol. The van der Waals surface area contributed by atoms with Gasteiger partial charge in [0.25, 0.3) is 0 Å². The summed E-state index contributed by atoms with van der Waals surface area (Å²) < 4.78 is 43.5. The summed E-state index contributed by atoms with van der Waals surface area (Å²) in [5.74, 6) is 1.28. The Bertz CT molecular complexity index is 746. The van der Waals surface area contributed by atoms with Crippen molar-refractivity contribution in [2.45, 2.75) is 32.7 Å². The summed E-state index contributed by atoms with van der Waals surface area (Å²) in [5.41, 5.74) is 0.175. The molecule has 0 saturated heterocycles. The highest BCUT2D eigenvalue weighted by Crippen LogP contribution is 2.29. The summed E-state index contributed by atoms with van der Waals surface area (Å²) >= 11 is 0.956. The molecule has 0 aliphatic carbocycles. The van der Waals surface area contributed by atoms with Crippen LogP contribution in [0.2, 0.25) is 0 Å². The number of para-hydroxylation sites is 1. The number of benzene rings is 1. The first-order valence-corrected chi connectivity index (χ1v) is 8.86. The Kier molecular flexibility index (Phi) is 6.84. The lowest BCUT2D eigenvalue weighted by molar-refractivity contribution is -0.140. The van der Waals surface area contributed by atoms with Gasteiger partial charge in [0.05, 0.1) is 13.1 Å². The maximum absolute atomic E-state index is 12.6. The summed E-state index contributed by atoms with van der Waals surface area (Å²) in [6, 6.07) is 7.73. The quantitative estimate of drug-likeness (QED) is 0.588. The van der Waals surface area contributed by atoms with Crippen LogP contribution in [0.25, 0.3) is 0 Å². The number of thiazole rings is 1. The fourth-order valence-electron chi connectivity index (χ4n) is 2.09. The van der Waals surface area contributed by atoms with Gasteiger partial charge in [-0.3, -0.25) is 4.99 Å². The zero-order valence-corrected chi connectivity index (χ0v) is 15.5. The van der Waals surface area contributed by atoms with Crippen LogP contribution in [0.3, 0.4) is 0 Å². The van der Waals surface area contributed by atoms with Crippen LogP contribution >= 0.6 is 11.3 Å². The van der Waals surface area contributed by atoms with Crippen LogP contribution in [0.1, 0.15) is 23.2 Å². The van der Waals surface area contributed by atoms with E-state index in [0.717, 1.165) is 28.0 Å². The van der Waals surface area contributed by atoms with Gasteiger partial charge >= 0.3 is 6.18 Å². The third-order valence-corrected chi connectivity index (χ3v) is 4.30. The van der Waals surface area contributed by atoms with Crippen molar-refractivity contribution in [2.24, 2.45) is 4.99 Å². The number of rotatable bonds is 6. The lowest BCUT2D eigenvalue weighted by Gasteiger charge is -2.18. The average Bonchev–Trinajstić information content (AvgIpc) is 3.06. The van der Waals surface area contributed by atoms with Gasteiger partial charge in [-0.25, -0.2) is 4.98 Å². The molecule has 0 fully saturated rings. The third kappa shape index (κ3) is 5.91. The van der Waals surface area contributed by atoms with E-state index in [1.54, 1.807) is 7.05 Å². The molecule has 0 amide bonds. The molecule has 1 atom stereocenters. The fourth-order valence-corrected chi connectivity index (χ4v) is 2.83. The fraction of sp³-hybridized carbons (Fsp3) is 0.412. The molecular weight excluding hydrogens is 365 g/mol. The first-order chi connectivity index (χ1) is 12.3.